The molecule has 0 aromatic heterocycles. The molecule has 0 fully saturated rings. The van der Waals surface area contributed by atoms with Gasteiger partial charge in [0.2, 0.25) is 0 Å². The molecule has 2 unspecified atom stereocenters. The predicted molar refractivity (Wildman–Crippen MR) is 164 cm³/mol. The summed E-state index contributed by atoms with van der Waals surface area (Å²) in [5.41, 5.74) is 0. The van der Waals surface area contributed by atoms with Gasteiger partial charge in [-0.05, 0) is 0 Å². The summed E-state index contributed by atoms with van der Waals surface area (Å²) in [6.45, 7) is 11.7. The van der Waals surface area contributed by atoms with E-state index in [1.54, 1.807) is 13.8 Å². The van der Waals surface area contributed by atoms with Crippen molar-refractivity contribution in [2.75, 3.05) is 145 Å². The van der Waals surface area contributed by atoms with Gasteiger partial charge in [-0.25, -0.2) is 0 Å². The first-order chi connectivity index (χ1) is 23.0. The van der Waals surface area contributed by atoms with Crippen molar-refractivity contribution in [1.29, 1.82) is 0 Å². The summed E-state index contributed by atoms with van der Waals surface area (Å²) in [7, 11) is 0. The van der Waals surface area contributed by atoms with E-state index < -0.39 is 24.5 Å². The third kappa shape index (κ3) is 34.1. The Hall–Kier alpha value is -1.58. The molecule has 0 heterocycles. The quantitative estimate of drug-likeness (QED) is 0.0487. The number of carbonyl (C=O) groups excluding carboxylic acids is 2. The van der Waals surface area contributed by atoms with Crippen molar-refractivity contribution in [2.45, 2.75) is 39.3 Å². The second-order valence-electron chi connectivity index (χ2n) is 9.16. The maximum atomic E-state index is 11.5. The minimum absolute atomic E-state index is 0.00107. The van der Waals surface area contributed by atoms with E-state index in [1.807, 2.05) is 0 Å². The van der Waals surface area contributed by atoms with Crippen molar-refractivity contribution in [3.8, 4) is 0 Å². The van der Waals surface area contributed by atoms with Crippen molar-refractivity contribution in [2.24, 2.45) is 0 Å². The summed E-state index contributed by atoms with van der Waals surface area (Å²) in [6, 6.07) is 0. The molecule has 17 heteroatoms. The van der Waals surface area contributed by atoms with Crippen molar-refractivity contribution in [3.63, 3.8) is 0 Å². The van der Waals surface area contributed by atoms with Crippen LogP contribution in [0.25, 0.3) is 0 Å². The van der Waals surface area contributed by atoms with E-state index in [4.69, 9.17) is 66.7 Å². The molecule has 47 heavy (non-hydrogen) atoms. The molecule has 0 amide bonds. The van der Waals surface area contributed by atoms with E-state index >= 15 is 0 Å². The Bertz CT molecular complexity index is 672. The Labute approximate surface area is 278 Å². The molecule has 0 saturated heterocycles. The standard InChI is InChI=1S/C30H58O17/c1-3-27(32)46-29(34)30(47-28(33)4-2)45-26-25-44-24-23-43-22-21-42-20-19-41-18-17-40-16-15-39-14-13-38-12-11-37-10-9-36-8-7-35-6-5-31/h29-31,34H,3-26H2,1-2H3. The monoisotopic (exact) mass is 690 g/mol. The third-order valence-electron chi connectivity index (χ3n) is 5.40. The lowest BCUT2D eigenvalue weighted by atomic mass is 10.5. The highest BCUT2D eigenvalue weighted by Gasteiger charge is 2.27. The molecule has 17 nitrogen and oxygen atoms in total. The molecule has 0 rings (SSSR count). The molecule has 0 spiro atoms. The molecular weight excluding hydrogens is 632 g/mol. The van der Waals surface area contributed by atoms with Gasteiger partial charge in [-0.3, -0.25) is 9.59 Å². The highest BCUT2D eigenvalue weighted by Crippen LogP contribution is 2.07. The molecule has 0 aromatic rings. The van der Waals surface area contributed by atoms with Gasteiger partial charge in [0.05, 0.1) is 145 Å². The van der Waals surface area contributed by atoms with Crippen LogP contribution in [0.3, 0.4) is 0 Å². The number of hydrogen-bond acceptors (Lipinski definition) is 17. The lowest BCUT2D eigenvalue weighted by molar-refractivity contribution is -0.259. The first kappa shape index (κ1) is 45.4. The first-order valence-electron chi connectivity index (χ1n) is 16.1. The number of esters is 2. The van der Waals surface area contributed by atoms with E-state index in [0.29, 0.717) is 126 Å². The van der Waals surface area contributed by atoms with Crippen molar-refractivity contribution in [3.05, 3.63) is 0 Å². The van der Waals surface area contributed by atoms with Gasteiger partial charge >= 0.3 is 11.9 Å². The van der Waals surface area contributed by atoms with E-state index in [1.165, 1.54) is 0 Å². The third-order valence-corrected chi connectivity index (χ3v) is 5.40. The van der Waals surface area contributed by atoms with E-state index in [0.717, 1.165) is 0 Å². The fourth-order valence-corrected chi connectivity index (χ4v) is 3.03. The van der Waals surface area contributed by atoms with Gasteiger partial charge in [0, 0.05) is 12.8 Å². The van der Waals surface area contributed by atoms with Crippen LogP contribution in [0.5, 0.6) is 0 Å². The summed E-state index contributed by atoms with van der Waals surface area (Å²) < 4.78 is 68.8. The predicted octanol–water partition coefficient (Wildman–Crippen LogP) is -0.288. The highest BCUT2D eigenvalue weighted by atomic mass is 16.8. The van der Waals surface area contributed by atoms with Gasteiger partial charge in [0.25, 0.3) is 12.6 Å². The maximum absolute atomic E-state index is 11.5. The lowest BCUT2D eigenvalue weighted by Crippen LogP contribution is -2.37. The van der Waals surface area contributed by atoms with Crippen LogP contribution in [-0.2, 0) is 71.2 Å². The van der Waals surface area contributed by atoms with Crippen LogP contribution in [0.15, 0.2) is 0 Å². The van der Waals surface area contributed by atoms with Crippen molar-refractivity contribution >= 4 is 11.9 Å². The van der Waals surface area contributed by atoms with Crippen LogP contribution < -0.4 is 0 Å². The van der Waals surface area contributed by atoms with Gasteiger partial charge in [-0.15, -0.1) is 0 Å². The van der Waals surface area contributed by atoms with Gasteiger partial charge < -0.3 is 71.8 Å². The molecule has 2 atom stereocenters. The fraction of sp³-hybridized carbons (Fsp3) is 0.933. The van der Waals surface area contributed by atoms with Crippen LogP contribution in [0.4, 0.5) is 0 Å². The molecule has 0 aliphatic carbocycles. The molecule has 0 bridgehead atoms. The van der Waals surface area contributed by atoms with Crippen molar-refractivity contribution in [1.82, 2.24) is 0 Å². The molecule has 2 N–H and O–H groups in total. The number of aliphatic hydroxyl groups excluding tert-OH is 2. The molecule has 0 aromatic carbocycles. The smallest absolute Gasteiger partial charge is 0.308 e. The van der Waals surface area contributed by atoms with E-state index in [2.05, 4.69) is 0 Å². The summed E-state index contributed by atoms with van der Waals surface area (Å²) in [4.78, 5) is 22.9. The van der Waals surface area contributed by atoms with E-state index in [-0.39, 0.29) is 32.7 Å². The Morgan fingerprint density at radius 1 is 0.426 bits per heavy atom. The Kier molecular flexibility index (Phi) is 36.0. The summed E-state index contributed by atoms with van der Waals surface area (Å²) in [5, 5.41) is 18.5. The molecule has 0 aliphatic heterocycles. The molecule has 0 radical (unpaired) electrons. The second-order valence-corrected chi connectivity index (χ2v) is 9.16. The van der Waals surface area contributed by atoms with Gasteiger partial charge in [0.15, 0.2) is 0 Å². The van der Waals surface area contributed by atoms with E-state index in [9.17, 15) is 14.7 Å². The number of aliphatic hydroxyl groups is 2. The minimum Gasteiger partial charge on any atom is -0.429 e. The Morgan fingerprint density at radius 2 is 0.681 bits per heavy atom. The molecule has 280 valence electrons. The zero-order valence-corrected chi connectivity index (χ0v) is 28.1. The fourth-order valence-electron chi connectivity index (χ4n) is 3.03. The SMILES string of the molecule is CCC(=O)OC(O)C(OCCOCCOCCOCCOCCOCCOCCOCCOCCOCCOCCO)OC(=O)CC. The minimum atomic E-state index is -1.73. The van der Waals surface area contributed by atoms with Crippen molar-refractivity contribution < 1.29 is 81.4 Å². The normalized spacial score (nSPS) is 12.7. The molecule has 0 saturated carbocycles. The molecular formula is C30H58O17. The molecule has 0 aliphatic rings. The number of rotatable bonds is 38. The van der Waals surface area contributed by atoms with Gasteiger partial charge in [-0.1, -0.05) is 13.8 Å². The summed E-state index contributed by atoms with van der Waals surface area (Å²) in [6.07, 6.45) is -3.03. The summed E-state index contributed by atoms with van der Waals surface area (Å²) in [5.74, 6) is -1.26. The summed E-state index contributed by atoms with van der Waals surface area (Å²) >= 11 is 0. The lowest BCUT2D eigenvalue weighted by Gasteiger charge is -2.22. The number of hydrogen-bond donors (Lipinski definition) is 2. The average Bonchev–Trinajstić information content (AvgIpc) is 3.07. The average molecular weight is 691 g/mol. The van der Waals surface area contributed by atoms with Gasteiger partial charge in [-0.2, -0.15) is 0 Å². The number of ether oxygens (including phenoxy) is 13. The first-order valence-corrected chi connectivity index (χ1v) is 16.1. The Morgan fingerprint density at radius 3 is 0.957 bits per heavy atom. The zero-order valence-electron chi connectivity index (χ0n) is 28.1. The van der Waals surface area contributed by atoms with Crippen LogP contribution in [-0.4, -0.2) is 180 Å². The van der Waals surface area contributed by atoms with Crippen LogP contribution in [0, 0.1) is 0 Å². The van der Waals surface area contributed by atoms with Crippen LogP contribution >= 0.6 is 0 Å². The van der Waals surface area contributed by atoms with Gasteiger partial charge in [0.1, 0.15) is 0 Å². The maximum Gasteiger partial charge on any atom is 0.308 e. The van der Waals surface area contributed by atoms with Crippen LogP contribution in [0.2, 0.25) is 0 Å². The van der Waals surface area contributed by atoms with Crippen LogP contribution in [0.1, 0.15) is 26.7 Å². The largest absolute Gasteiger partial charge is 0.429 e. The Balaban J connectivity index is 3.33. The second kappa shape index (κ2) is 37.2. The zero-order chi connectivity index (χ0) is 34.5. The topological polar surface area (TPSA) is 195 Å². The number of carbonyl (C=O) groups is 2. The highest BCUT2D eigenvalue weighted by molar-refractivity contribution is 5.70.